The lowest BCUT2D eigenvalue weighted by Crippen LogP contribution is -2.56. The van der Waals surface area contributed by atoms with Crippen LogP contribution >= 0.6 is 0 Å². The van der Waals surface area contributed by atoms with E-state index in [1.54, 1.807) is 0 Å². The van der Waals surface area contributed by atoms with Crippen molar-refractivity contribution in [2.75, 3.05) is 39.5 Å². The predicted molar refractivity (Wildman–Crippen MR) is 180 cm³/mol. The summed E-state index contributed by atoms with van der Waals surface area (Å²) in [5, 5.41) is 0. The Morgan fingerprint density at radius 3 is 1.67 bits per heavy atom. The van der Waals surface area contributed by atoms with Gasteiger partial charge < -0.3 is 9.22 Å². The van der Waals surface area contributed by atoms with E-state index < -0.39 is 0 Å². The van der Waals surface area contributed by atoms with Crippen LogP contribution in [-0.2, 0) is 16.1 Å². The first-order valence-electron chi connectivity index (χ1n) is 18.4. The Hall–Kier alpha value is -1.39. The van der Waals surface area contributed by atoms with E-state index in [-0.39, 0.29) is 0 Å². The molecule has 0 aliphatic carbocycles. The van der Waals surface area contributed by atoms with Gasteiger partial charge in [0.1, 0.15) is 13.1 Å². The molecule has 0 spiro atoms. The second kappa shape index (κ2) is 25.0. The number of unbranched alkanes of at least 4 members (excludes halogenated alkanes) is 18. The Labute approximate surface area is 261 Å². The minimum atomic E-state index is 0.335. The number of quaternary nitrogens is 1. The molecule has 0 aromatic heterocycles. The number of carbonyl (C=O) groups is 1. The van der Waals surface area contributed by atoms with Gasteiger partial charge in [-0.2, -0.15) is 0 Å². The largest absolute Gasteiger partial charge is 0.376 e. The number of ether oxygens (including phenoxy) is 1. The maximum Gasteiger partial charge on any atom is 0.226 e. The fourth-order valence-electron chi connectivity index (χ4n) is 6.61. The van der Waals surface area contributed by atoms with E-state index in [4.69, 9.17) is 4.74 Å². The minimum Gasteiger partial charge on any atom is -0.376 e. The van der Waals surface area contributed by atoms with Crippen LogP contribution in [0.3, 0.4) is 0 Å². The van der Waals surface area contributed by atoms with Gasteiger partial charge in [-0.25, -0.2) is 0 Å². The molecule has 4 nitrogen and oxygen atoms in total. The van der Waals surface area contributed by atoms with Crippen LogP contribution in [0.15, 0.2) is 30.3 Å². The molecular weight excluding hydrogens is 516 g/mol. The average Bonchev–Trinajstić information content (AvgIpc) is 3.40. The summed E-state index contributed by atoms with van der Waals surface area (Å²) in [6.07, 6.45) is 29.4. The Bertz CT molecular complexity index is 755. The fourth-order valence-corrected chi connectivity index (χ4v) is 6.61. The van der Waals surface area contributed by atoms with Gasteiger partial charge >= 0.3 is 0 Å². The predicted octanol–water partition coefficient (Wildman–Crippen LogP) is 10.4. The fraction of sp³-hybridized carbons (Fsp3) is 0.816. The van der Waals surface area contributed by atoms with Gasteiger partial charge in [-0.1, -0.05) is 160 Å². The van der Waals surface area contributed by atoms with Gasteiger partial charge in [0.25, 0.3) is 0 Å². The molecular formula is C38H69N2O2+. The van der Waals surface area contributed by atoms with Crippen LogP contribution in [0, 0.1) is 0 Å². The van der Waals surface area contributed by atoms with Crippen molar-refractivity contribution in [3.63, 3.8) is 0 Å². The average molecular weight is 586 g/mol. The van der Waals surface area contributed by atoms with Gasteiger partial charge in [-0.15, -0.1) is 0 Å². The zero-order valence-electron chi connectivity index (χ0n) is 28.1. The Morgan fingerprint density at radius 2 is 1.17 bits per heavy atom. The highest BCUT2D eigenvalue weighted by Gasteiger charge is 2.33. The Kier molecular flexibility index (Phi) is 21.9. The monoisotopic (exact) mass is 586 g/mol. The standard InChI is InChI=1S/C38H69N2O2/c1-3-5-7-8-9-10-11-12-13-14-15-16-17-18-19-20-21-25-33-42-34-32-40(31-6-4-2,35-37-27-23-22-24-28-37)36-39-30-26-29-38(39)41/h22-24,27-28H,3-21,25-26,29-36H2,1-2H3/q+1. The topological polar surface area (TPSA) is 29.5 Å². The molecule has 2 rings (SSSR count). The number of hydrogen-bond donors (Lipinski definition) is 0. The molecule has 0 N–H and O–H groups in total. The molecule has 1 aromatic carbocycles. The van der Waals surface area contributed by atoms with Crippen LogP contribution in [0.1, 0.15) is 161 Å². The van der Waals surface area contributed by atoms with Crippen LogP contribution in [-0.4, -0.2) is 54.8 Å². The molecule has 42 heavy (non-hydrogen) atoms. The van der Waals surface area contributed by atoms with Crippen LogP contribution in [0.5, 0.6) is 0 Å². The van der Waals surface area contributed by atoms with Crippen molar-refractivity contribution in [1.29, 1.82) is 0 Å². The molecule has 1 aliphatic rings. The third kappa shape index (κ3) is 17.7. The Balaban J connectivity index is 1.51. The lowest BCUT2D eigenvalue weighted by molar-refractivity contribution is -0.949. The van der Waals surface area contributed by atoms with Crippen molar-refractivity contribution in [3.8, 4) is 0 Å². The van der Waals surface area contributed by atoms with Crippen LogP contribution < -0.4 is 0 Å². The molecule has 1 heterocycles. The Morgan fingerprint density at radius 1 is 0.643 bits per heavy atom. The van der Waals surface area contributed by atoms with Gasteiger partial charge in [0.15, 0.2) is 6.67 Å². The number of likely N-dealkylation sites (tertiary alicyclic amines) is 1. The van der Waals surface area contributed by atoms with Crippen molar-refractivity contribution in [1.82, 2.24) is 4.90 Å². The summed E-state index contributed by atoms with van der Waals surface area (Å²) in [7, 11) is 0. The maximum atomic E-state index is 12.5. The normalized spacial score (nSPS) is 15.0. The van der Waals surface area contributed by atoms with Gasteiger partial charge in [0, 0.05) is 25.1 Å². The highest BCUT2D eigenvalue weighted by atomic mass is 16.5. The number of benzene rings is 1. The van der Waals surface area contributed by atoms with Crippen molar-refractivity contribution in [3.05, 3.63) is 35.9 Å². The molecule has 1 atom stereocenters. The molecule has 0 radical (unpaired) electrons. The molecule has 1 unspecified atom stereocenters. The second-order valence-corrected chi connectivity index (χ2v) is 13.3. The molecule has 1 saturated heterocycles. The lowest BCUT2D eigenvalue weighted by Gasteiger charge is -2.41. The van der Waals surface area contributed by atoms with E-state index in [1.165, 1.54) is 134 Å². The van der Waals surface area contributed by atoms with Crippen molar-refractivity contribution >= 4 is 5.91 Å². The molecule has 1 fully saturated rings. The molecule has 0 saturated carbocycles. The number of carbonyl (C=O) groups excluding carboxylic acids is 1. The summed E-state index contributed by atoms with van der Waals surface area (Å²) in [4.78, 5) is 14.6. The third-order valence-corrected chi connectivity index (χ3v) is 9.34. The molecule has 1 amide bonds. The summed E-state index contributed by atoms with van der Waals surface area (Å²) >= 11 is 0. The summed E-state index contributed by atoms with van der Waals surface area (Å²) in [5.41, 5.74) is 1.36. The van der Waals surface area contributed by atoms with E-state index in [0.717, 1.165) is 63.4 Å². The van der Waals surface area contributed by atoms with E-state index >= 15 is 0 Å². The van der Waals surface area contributed by atoms with E-state index in [9.17, 15) is 4.79 Å². The minimum absolute atomic E-state index is 0.335. The third-order valence-electron chi connectivity index (χ3n) is 9.34. The zero-order valence-corrected chi connectivity index (χ0v) is 28.1. The second-order valence-electron chi connectivity index (χ2n) is 13.3. The maximum absolute atomic E-state index is 12.5. The van der Waals surface area contributed by atoms with Crippen LogP contribution in [0.25, 0.3) is 0 Å². The first kappa shape index (κ1) is 36.8. The highest BCUT2D eigenvalue weighted by Crippen LogP contribution is 2.21. The van der Waals surface area contributed by atoms with Gasteiger partial charge in [0.05, 0.1) is 13.2 Å². The smallest absolute Gasteiger partial charge is 0.226 e. The summed E-state index contributed by atoms with van der Waals surface area (Å²) in [6.45, 7) is 11.1. The van der Waals surface area contributed by atoms with Gasteiger partial charge in [0.2, 0.25) is 5.91 Å². The van der Waals surface area contributed by atoms with E-state index in [1.807, 2.05) is 0 Å². The first-order valence-corrected chi connectivity index (χ1v) is 18.4. The van der Waals surface area contributed by atoms with Crippen LogP contribution in [0.4, 0.5) is 0 Å². The molecule has 1 aromatic rings. The number of hydrogen-bond acceptors (Lipinski definition) is 2. The summed E-state index contributed by atoms with van der Waals surface area (Å²) in [6, 6.07) is 10.9. The number of amides is 1. The van der Waals surface area contributed by atoms with Crippen LogP contribution in [0.2, 0.25) is 0 Å². The van der Waals surface area contributed by atoms with Crippen molar-refractivity contribution < 1.29 is 14.0 Å². The van der Waals surface area contributed by atoms with E-state index in [2.05, 4.69) is 49.1 Å². The first-order chi connectivity index (χ1) is 20.7. The van der Waals surface area contributed by atoms with E-state index in [0.29, 0.717) is 5.91 Å². The number of rotatable bonds is 29. The molecule has 0 bridgehead atoms. The van der Waals surface area contributed by atoms with Crippen molar-refractivity contribution in [2.24, 2.45) is 0 Å². The quantitative estimate of drug-likeness (QED) is 0.0691. The van der Waals surface area contributed by atoms with Gasteiger partial charge in [-0.3, -0.25) is 9.69 Å². The molecule has 4 heteroatoms. The SMILES string of the molecule is CCCCCCCCCCCCCCCCCCCCOCC[N+](CCCC)(Cc1ccccc1)CN1CCCC1=O. The lowest BCUT2D eigenvalue weighted by atomic mass is 10.0. The molecule has 1 aliphatic heterocycles. The highest BCUT2D eigenvalue weighted by molar-refractivity contribution is 5.77. The van der Waals surface area contributed by atoms with Gasteiger partial charge in [-0.05, 0) is 19.3 Å². The van der Waals surface area contributed by atoms with Crippen molar-refractivity contribution in [2.45, 2.75) is 162 Å². The molecule has 242 valence electrons. The summed E-state index contributed by atoms with van der Waals surface area (Å²) in [5.74, 6) is 0.335. The zero-order chi connectivity index (χ0) is 30.0. The summed E-state index contributed by atoms with van der Waals surface area (Å²) < 4.78 is 7.14. The number of nitrogens with zero attached hydrogens (tertiary/aromatic N) is 2.